The van der Waals surface area contributed by atoms with E-state index in [0.29, 0.717) is 12.8 Å². The fourth-order valence-corrected chi connectivity index (χ4v) is 8.76. The van der Waals surface area contributed by atoms with E-state index in [9.17, 15) is 22.6 Å². The second-order valence-corrected chi connectivity index (χ2v) is 19.2. The summed E-state index contributed by atoms with van der Waals surface area (Å²) in [6.45, 7) is 4.75. The summed E-state index contributed by atoms with van der Waals surface area (Å²) in [6.07, 6.45) is 56.4. The molecule has 0 unspecified atom stereocenters. The van der Waals surface area contributed by atoms with Gasteiger partial charge in [0.2, 0.25) is 0 Å². The third kappa shape index (κ3) is 37.9. The molecule has 9 heteroatoms. The summed E-state index contributed by atoms with van der Waals surface area (Å²) in [4.78, 5) is 25.3. The normalized spacial score (nSPS) is 11.7. The molecule has 0 amide bonds. The predicted octanol–water partition coefficient (Wildman–Crippen LogP) is 13.9. The van der Waals surface area contributed by atoms with Crippen molar-refractivity contribution in [2.75, 3.05) is 13.2 Å². The van der Waals surface area contributed by atoms with Crippen LogP contribution in [0.5, 0.6) is 0 Å². The molecule has 1 aromatic carbocycles. The SMILES string of the molecule is CCCCCCCCCCCCCCCC/C=C/CCCCCOC(=O)c1cccc(S(=O)(=O)[O-])c1C(=O)OCCCCC/C=C/CCCCCCCCCCCCCCCC.[K+]. The Labute approximate surface area is 431 Å². The maximum atomic E-state index is 13.1. The average molecular weight is 925 g/mol. The molecule has 358 valence electrons. The zero-order valence-corrected chi connectivity index (χ0v) is 45.0. The fourth-order valence-electron chi connectivity index (χ4n) is 8.07. The molecule has 0 saturated carbocycles. The second kappa shape index (κ2) is 46.3. The first-order chi connectivity index (χ1) is 30.3. The van der Waals surface area contributed by atoms with Crippen molar-refractivity contribution < 1.29 is 83.4 Å². The average Bonchev–Trinajstić information content (AvgIpc) is 3.26. The van der Waals surface area contributed by atoms with Crippen molar-refractivity contribution >= 4 is 22.1 Å². The number of hydrogen-bond donors (Lipinski definition) is 0. The van der Waals surface area contributed by atoms with Crippen LogP contribution in [0.1, 0.15) is 279 Å². The van der Waals surface area contributed by atoms with Gasteiger partial charge in [-0.15, -0.1) is 0 Å². The number of unbranched alkanes of at least 4 members (excludes halogenated alkanes) is 34. The van der Waals surface area contributed by atoms with Crippen LogP contribution in [-0.2, 0) is 19.6 Å². The van der Waals surface area contributed by atoms with Crippen molar-refractivity contribution in [2.45, 2.75) is 263 Å². The predicted molar refractivity (Wildman–Crippen MR) is 260 cm³/mol. The van der Waals surface area contributed by atoms with Gasteiger partial charge in [-0.1, -0.05) is 211 Å². The molecule has 0 N–H and O–H groups in total. The number of esters is 2. The van der Waals surface area contributed by atoms with Crippen LogP contribution >= 0.6 is 0 Å². The van der Waals surface area contributed by atoms with Gasteiger partial charge in [0.05, 0.1) is 29.2 Å². The Hall–Kier alpha value is -0.814. The number of allylic oxidation sites excluding steroid dienone is 4. The molecule has 0 radical (unpaired) electrons. The quantitative estimate of drug-likeness (QED) is 0.0211. The molecule has 0 aliphatic heterocycles. The van der Waals surface area contributed by atoms with E-state index >= 15 is 0 Å². The Morgan fingerprint density at radius 3 is 1.05 bits per heavy atom. The molecule has 0 atom stereocenters. The summed E-state index contributed by atoms with van der Waals surface area (Å²) < 4.78 is 46.9. The van der Waals surface area contributed by atoms with Gasteiger partial charge in [0.15, 0.2) is 0 Å². The largest absolute Gasteiger partial charge is 1.00 e. The van der Waals surface area contributed by atoms with Gasteiger partial charge in [0, 0.05) is 0 Å². The van der Waals surface area contributed by atoms with E-state index in [0.717, 1.165) is 57.4 Å². The molecule has 0 bridgehead atoms. The molecular formula is C54H93KO7S. The molecule has 0 heterocycles. The van der Waals surface area contributed by atoms with E-state index in [4.69, 9.17) is 9.47 Å². The van der Waals surface area contributed by atoms with Crippen LogP contribution in [0.2, 0.25) is 0 Å². The van der Waals surface area contributed by atoms with Crippen molar-refractivity contribution in [1.82, 2.24) is 0 Å². The number of ether oxygens (including phenoxy) is 2. The number of carbonyl (C=O) groups excluding carboxylic acids is 2. The zero-order chi connectivity index (χ0) is 45.0. The minimum atomic E-state index is -5.03. The van der Waals surface area contributed by atoms with Crippen molar-refractivity contribution in [2.24, 2.45) is 0 Å². The number of hydrogen-bond acceptors (Lipinski definition) is 7. The molecule has 1 aromatic rings. The van der Waals surface area contributed by atoms with Gasteiger partial charge in [-0.2, -0.15) is 0 Å². The van der Waals surface area contributed by atoms with E-state index < -0.39 is 32.5 Å². The number of carbonyl (C=O) groups is 2. The van der Waals surface area contributed by atoms with Crippen molar-refractivity contribution in [3.8, 4) is 0 Å². The van der Waals surface area contributed by atoms with E-state index in [1.54, 1.807) is 0 Å². The van der Waals surface area contributed by atoms with Gasteiger partial charge in [0.25, 0.3) is 0 Å². The first-order valence-corrected chi connectivity index (χ1v) is 27.5. The Kier molecular flexibility index (Phi) is 45.7. The fraction of sp³-hybridized carbons (Fsp3) is 0.778. The standard InChI is InChI=1S/C54H94O7S.K/c1-3-5-7-9-11-13-15-17-19-21-23-25-27-29-31-33-35-37-39-41-43-48-60-53(55)50-46-45-47-51(62(57,58)59)52(50)54(56)61-49-44-42-40-38-36-34-32-30-28-26-24-22-20-18-16-14-12-10-8-6-4-2;/h33-36,45-47H,3-32,37-44,48-49H2,1-2H3,(H,57,58,59);/q;+1/p-1/b35-33+,36-34+;. The minimum absolute atomic E-state index is 0. The van der Waals surface area contributed by atoms with Gasteiger partial charge in [-0.3, -0.25) is 0 Å². The smallest absolute Gasteiger partial charge is 0.744 e. The van der Waals surface area contributed by atoms with Crippen molar-refractivity contribution in [3.63, 3.8) is 0 Å². The third-order valence-corrected chi connectivity index (χ3v) is 12.9. The van der Waals surface area contributed by atoms with Gasteiger partial charge in [-0.25, -0.2) is 18.0 Å². The van der Waals surface area contributed by atoms with Gasteiger partial charge in [-0.05, 0) is 89.2 Å². The van der Waals surface area contributed by atoms with E-state index in [-0.39, 0.29) is 70.2 Å². The van der Waals surface area contributed by atoms with E-state index in [1.807, 2.05) is 0 Å². The zero-order valence-electron chi connectivity index (χ0n) is 41.1. The minimum Gasteiger partial charge on any atom is -0.744 e. The molecule has 0 aliphatic rings. The molecule has 0 aliphatic carbocycles. The summed E-state index contributed by atoms with van der Waals surface area (Å²) in [5.41, 5.74) is -0.801. The van der Waals surface area contributed by atoms with Crippen LogP contribution in [0, 0.1) is 0 Å². The number of benzene rings is 1. The molecule has 1 rings (SSSR count). The molecule has 0 aromatic heterocycles. The first kappa shape index (κ1) is 62.2. The van der Waals surface area contributed by atoms with Crippen LogP contribution in [0.3, 0.4) is 0 Å². The topological polar surface area (TPSA) is 110 Å². The van der Waals surface area contributed by atoms with Gasteiger partial charge in [0.1, 0.15) is 10.1 Å². The van der Waals surface area contributed by atoms with Crippen molar-refractivity contribution in [1.29, 1.82) is 0 Å². The van der Waals surface area contributed by atoms with E-state index in [1.165, 1.54) is 192 Å². The summed E-state index contributed by atoms with van der Waals surface area (Å²) in [5, 5.41) is 0. The maximum Gasteiger partial charge on any atom is 1.00 e. The summed E-state index contributed by atoms with van der Waals surface area (Å²) in [5.74, 6) is -1.84. The van der Waals surface area contributed by atoms with Gasteiger partial charge < -0.3 is 14.0 Å². The maximum absolute atomic E-state index is 13.1. The van der Waals surface area contributed by atoms with E-state index in [2.05, 4.69) is 38.2 Å². The molecule has 0 fully saturated rings. The molecular weight excluding hydrogens is 832 g/mol. The van der Waals surface area contributed by atoms with Gasteiger partial charge >= 0.3 is 63.3 Å². The van der Waals surface area contributed by atoms with Crippen LogP contribution in [0.15, 0.2) is 47.4 Å². The van der Waals surface area contributed by atoms with Crippen LogP contribution in [0.25, 0.3) is 0 Å². The number of rotatable bonds is 45. The first-order valence-electron chi connectivity index (χ1n) is 26.1. The molecule has 0 saturated heterocycles. The monoisotopic (exact) mass is 925 g/mol. The van der Waals surface area contributed by atoms with Crippen LogP contribution in [-0.4, -0.2) is 38.1 Å². The van der Waals surface area contributed by atoms with Crippen LogP contribution < -0.4 is 51.4 Å². The molecule has 7 nitrogen and oxygen atoms in total. The Morgan fingerprint density at radius 1 is 0.444 bits per heavy atom. The van der Waals surface area contributed by atoms with Crippen molar-refractivity contribution in [3.05, 3.63) is 53.6 Å². The van der Waals surface area contributed by atoms with Crippen LogP contribution in [0.4, 0.5) is 0 Å². The Balaban J connectivity index is 0.0000384. The molecule has 63 heavy (non-hydrogen) atoms. The molecule has 0 spiro atoms. The second-order valence-electron chi connectivity index (χ2n) is 17.8. The summed E-state index contributed by atoms with van der Waals surface area (Å²) in [6, 6.07) is 3.62. The Morgan fingerprint density at radius 2 is 0.730 bits per heavy atom. The summed E-state index contributed by atoms with van der Waals surface area (Å²) in [7, 11) is -5.03. The Bertz CT molecular complexity index is 1380. The third-order valence-electron chi connectivity index (χ3n) is 12.0. The summed E-state index contributed by atoms with van der Waals surface area (Å²) >= 11 is 0.